The molecule has 1 amide bonds. The normalized spacial score (nSPS) is 19.0. The summed E-state index contributed by atoms with van der Waals surface area (Å²) in [6.07, 6.45) is 10.8. The zero-order valence-corrected chi connectivity index (χ0v) is 15.3. The summed E-state index contributed by atoms with van der Waals surface area (Å²) in [5.74, 6) is -0.120. The van der Waals surface area contributed by atoms with Gasteiger partial charge in [0.15, 0.2) is 0 Å². The average molecular weight is 372 g/mol. The fourth-order valence-electron chi connectivity index (χ4n) is 3.61. The van der Waals surface area contributed by atoms with Crippen LogP contribution in [-0.4, -0.2) is 31.7 Å². The van der Waals surface area contributed by atoms with E-state index in [2.05, 4.69) is 26.5 Å². The van der Waals surface area contributed by atoms with Crippen molar-refractivity contribution in [2.24, 2.45) is 0 Å². The average Bonchev–Trinajstić information content (AvgIpc) is 3.25. The van der Waals surface area contributed by atoms with Crippen molar-refractivity contribution < 1.29 is 4.79 Å². The highest BCUT2D eigenvalue weighted by Gasteiger charge is 2.24. The summed E-state index contributed by atoms with van der Waals surface area (Å²) in [4.78, 5) is 20.6. The van der Waals surface area contributed by atoms with Crippen LogP contribution in [-0.2, 0) is 0 Å². The minimum absolute atomic E-state index is 0.120. The number of nitriles is 1. The molecule has 140 valence electrons. The summed E-state index contributed by atoms with van der Waals surface area (Å²) in [6.45, 7) is 0. The van der Waals surface area contributed by atoms with Gasteiger partial charge in [0.1, 0.15) is 6.33 Å². The number of hydrogen-bond donors (Lipinski definition) is 1. The third-order valence-corrected chi connectivity index (χ3v) is 5.14. The van der Waals surface area contributed by atoms with E-state index in [1.54, 1.807) is 30.5 Å². The Morgan fingerprint density at radius 3 is 2.82 bits per heavy atom. The van der Waals surface area contributed by atoms with Crippen LogP contribution in [0.2, 0.25) is 0 Å². The molecule has 7 nitrogen and oxygen atoms in total. The molecule has 0 atom stereocenters. The van der Waals surface area contributed by atoms with E-state index in [9.17, 15) is 4.79 Å². The molecule has 0 saturated heterocycles. The number of hydrogen-bond acceptors (Lipinski definition) is 5. The van der Waals surface area contributed by atoms with Gasteiger partial charge in [-0.05, 0) is 49.9 Å². The van der Waals surface area contributed by atoms with Gasteiger partial charge in [-0.2, -0.15) is 10.4 Å². The molecular formula is C21H20N6O. The first-order valence-electron chi connectivity index (χ1n) is 9.34. The largest absolute Gasteiger partial charge is 0.349 e. The molecule has 4 rings (SSSR count). The van der Waals surface area contributed by atoms with Crippen molar-refractivity contribution in [2.45, 2.75) is 37.8 Å². The highest BCUT2D eigenvalue weighted by Crippen LogP contribution is 2.29. The van der Waals surface area contributed by atoms with Crippen molar-refractivity contribution >= 4 is 5.91 Å². The van der Waals surface area contributed by atoms with Crippen LogP contribution in [0.1, 0.15) is 47.6 Å². The van der Waals surface area contributed by atoms with Crippen LogP contribution < -0.4 is 5.32 Å². The molecule has 0 bridgehead atoms. The lowest BCUT2D eigenvalue weighted by molar-refractivity contribution is 0.0921. The molecule has 0 aliphatic heterocycles. The van der Waals surface area contributed by atoms with Crippen LogP contribution in [0.3, 0.4) is 0 Å². The Bertz CT molecular complexity index is 999. The molecule has 0 spiro atoms. The molecule has 2 aromatic heterocycles. The number of amides is 1. The summed E-state index contributed by atoms with van der Waals surface area (Å²) < 4.78 is 2.01. The minimum atomic E-state index is -0.120. The van der Waals surface area contributed by atoms with E-state index in [1.165, 1.54) is 6.33 Å². The van der Waals surface area contributed by atoms with Crippen LogP contribution in [0.4, 0.5) is 0 Å². The summed E-state index contributed by atoms with van der Waals surface area (Å²) >= 11 is 0. The number of nitrogens with zero attached hydrogens (tertiary/aromatic N) is 5. The first-order chi connectivity index (χ1) is 13.7. The fraction of sp³-hybridized carbons (Fsp3) is 0.286. The van der Waals surface area contributed by atoms with Gasteiger partial charge in [0.05, 0.1) is 29.6 Å². The van der Waals surface area contributed by atoms with Crippen LogP contribution in [0.25, 0.3) is 11.3 Å². The maximum Gasteiger partial charge on any atom is 0.251 e. The number of benzene rings is 1. The minimum Gasteiger partial charge on any atom is -0.349 e. The lowest BCUT2D eigenvalue weighted by Gasteiger charge is -2.29. The smallest absolute Gasteiger partial charge is 0.251 e. The Kier molecular flexibility index (Phi) is 5.11. The Balaban J connectivity index is 1.34. The maximum atomic E-state index is 12.4. The second-order valence-corrected chi connectivity index (χ2v) is 6.98. The van der Waals surface area contributed by atoms with E-state index in [4.69, 9.17) is 5.26 Å². The van der Waals surface area contributed by atoms with E-state index >= 15 is 0 Å². The quantitative estimate of drug-likeness (QED) is 0.759. The van der Waals surface area contributed by atoms with Crippen molar-refractivity contribution in [3.63, 3.8) is 0 Å². The van der Waals surface area contributed by atoms with Gasteiger partial charge in [0.2, 0.25) is 0 Å². The predicted molar refractivity (Wildman–Crippen MR) is 103 cm³/mol. The predicted octanol–water partition coefficient (Wildman–Crippen LogP) is 3.13. The molecule has 1 aliphatic carbocycles. The summed E-state index contributed by atoms with van der Waals surface area (Å²) in [5.41, 5.74) is 2.87. The molecule has 1 aliphatic rings. The van der Waals surface area contributed by atoms with Crippen molar-refractivity contribution in [3.05, 3.63) is 66.4 Å². The standard InChI is InChI=1S/C21H20N6O/c22-11-15-2-1-3-16(10-15)21(28)26-18-4-6-19(7-5-18)27-13-17(12-25-27)20-8-9-23-14-24-20/h1-3,8-10,12-14,18-19H,4-7H2,(H,26,28). The first kappa shape index (κ1) is 17.9. The molecular weight excluding hydrogens is 352 g/mol. The van der Waals surface area contributed by atoms with Crippen molar-refractivity contribution in [1.29, 1.82) is 5.26 Å². The Morgan fingerprint density at radius 2 is 2.07 bits per heavy atom. The maximum absolute atomic E-state index is 12.4. The second kappa shape index (κ2) is 8.01. The molecule has 0 unspecified atom stereocenters. The zero-order chi connectivity index (χ0) is 19.3. The number of aromatic nitrogens is 4. The Labute approximate surface area is 163 Å². The van der Waals surface area contributed by atoms with E-state index in [0.717, 1.165) is 36.9 Å². The zero-order valence-electron chi connectivity index (χ0n) is 15.3. The Hall–Kier alpha value is -3.53. The highest BCUT2D eigenvalue weighted by atomic mass is 16.1. The van der Waals surface area contributed by atoms with Gasteiger partial charge in [0.25, 0.3) is 5.91 Å². The third kappa shape index (κ3) is 3.91. The Morgan fingerprint density at radius 1 is 1.21 bits per heavy atom. The van der Waals surface area contributed by atoms with Crippen LogP contribution >= 0.6 is 0 Å². The summed E-state index contributed by atoms with van der Waals surface area (Å²) in [7, 11) is 0. The number of carbonyl (C=O) groups is 1. The van der Waals surface area contributed by atoms with Gasteiger partial charge in [0, 0.05) is 29.6 Å². The first-order valence-corrected chi connectivity index (χ1v) is 9.34. The molecule has 2 heterocycles. The van der Waals surface area contributed by atoms with E-state index in [0.29, 0.717) is 17.2 Å². The third-order valence-electron chi connectivity index (χ3n) is 5.14. The molecule has 0 radical (unpaired) electrons. The lowest BCUT2D eigenvalue weighted by atomic mass is 9.91. The molecule has 1 saturated carbocycles. The monoisotopic (exact) mass is 372 g/mol. The van der Waals surface area contributed by atoms with Gasteiger partial charge in [-0.3, -0.25) is 9.48 Å². The van der Waals surface area contributed by atoms with Crippen LogP contribution in [0.15, 0.2) is 55.2 Å². The fourth-order valence-corrected chi connectivity index (χ4v) is 3.61. The second-order valence-electron chi connectivity index (χ2n) is 6.98. The van der Waals surface area contributed by atoms with Gasteiger partial charge < -0.3 is 5.32 Å². The van der Waals surface area contributed by atoms with E-state index in [1.807, 2.05) is 23.1 Å². The molecule has 7 heteroatoms. The molecule has 1 N–H and O–H groups in total. The summed E-state index contributed by atoms with van der Waals surface area (Å²) in [5, 5.41) is 16.6. The van der Waals surface area contributed by atoms with Gasteiger partial charge in [-0.25, -0.2) is 9.97 Å². The summed E-state index contributed by atoms with van der Waals surface area (Å²) in [6, 6.07) is 11.2. The van der Waals surface area contributed by atoms with E-state index in [-0.39, 0.29) is 11.9 Å². The number of nitrogens with one attached hydrogen (secondary N) is 1. The SMILES string of the molecule is N#Cc1cccc(C(=O)NC2CCC(n3cc(-c4ccncn4)cn3)CC2)c1. The molecule has 28 heavy (non-hydrogen) atoms. The van der Waals surface area contributed by atoms with Gasteiger partial charge >= 0.3 is 0 Å². The molecule has 1 fully saturated rings. The lowest BCUT2D eigenvalue weighted by Crippen LogP contribution is -2.38. The number of carbonyl (C=O) groups excluding carboxylic acids is 1. The van der Waals surface area contributed by atoms with Crippen molar-refractivity contribution in [3.8, 4) is 17.3 Å². The van der Waals surface area contributed by atoms with E-state index < -0.39 is 0 Å². The van der Waals surface area contributed by atoms with Crippen molar-refractivity contribution in [2.75, 3.05) is 0 Å². The van der Waals surface area contributed by atoms with Crippen molar-refractivity contribution in [1.82, 2.24) is 25.1 Å². The molecule has 1 aromatic carbocycles. The highest BCUT2D eigenvalue weighted by molar-refractivity contribution is 5.94. The topological polar surface area (TPSA) is 96.5 Å². The van der Waals surface area contributed by atoms with Crippen LogP contribution in [0.5, 0.6) is 0 Å². The number of rotatable bonds is 4. The van der Waals surface area contributed by atoms with Gasteiger partial charge in [-0.1, -0.05) is 6.07 Å². The van der Waals surface area contributed by atoms with Crippen LogP contribution in [0, 0.1) is 11.3 Å². The molecule has 3 aromatic rings. The van der Waals surface area contributed by atoms with Gasteiger partial charge in [-0.15, -0.1) is 0 Å².